The molecule has 9 heavy (non-hydrogen) atoms. The van der Waals surface area contributed by atoms with E-state index in [1.807, 2.05) is 19.1 Å². The molecule has 2 nitrogen and oxygen atoms in total. The second-order valence-corrected chi connectivity index (χ2v) is 2.02. The lowest BCUT2D eigenvalue weighted by molar-refractivity contribution is -0.387. The van der Waals surface area contributed by atoms with Crippen molar-refractivity contribution in [3.05, 3.63) is 29.6 Å². The number of nitrogens with zero attached hydrogens (tertiary/aromatic N) is 1. The Morgan fingerprint density at radius 2 is 2.44 bits per heavy atom. The summed E-state index contributed by atoms with van der Waals surface area (Å²) < 4.78 is 0. The van der Waals surface area contributed by atoms with Gasteiger partial charge in [-0.3, -0.25) is 4.98 Å². The highest BCUT2D eigenvalue weighted by Gasteiger charge is 1.94. The number of aromatic nitrogens is 1. The summed E-state index contributed by atoms with van der Waals surface area (Å²) in [6, 6.07) is 3.99. The van der Waals surface area contributed by atoms with E-state index in [4.69, 9.17) is 0 Å². The fourth-order valence-electron chi connectivity index (χ4n) is 0.780. The van der Waals surface area contributed by atoms with E-state index in [-0.39, 0.29) is 0 Å². The van der Waals surface area contributed by atoms with Crippen molar-refractivity contribution in [3.8, 4) is 0 Å². The lowest BCUT2D eigenvalue weighted by Crippen LogP contribution is -2.48. The topological polar surface area (TPSA) is 40.5 Å². The van der Waals surface area contributed by atoms with Gasteiger partial charge in [0.2, 0.25) is 0 Å². The first-order valence-corrected chi connectivity index (χ1v) is 3.04. The summed E-state index contributed by atoms with van der Waals surface area (Å²) >= 11 is 0. The molecule has 0 unspecified atom stereocenters. The Balaban J connectivity index is 3.01. The van der Waals surface area contributed by atoms with E-state index in [2.05, 4.69) is 10.7 Å². The zero-order chi connectivity index (χ0) is 6.69. The molecular weight excluding hydrogens is 112 g/mol. The quantitative estimate of drug-likeness (QED) is 0.566. The fraction of sp³-hybridized carbons (Fsp3) is 0.286. The number of rotatable bonds is 1. The van der Waals surface area contributed by atoms with E-state index < -0.39 is 0 Å². The number of pyridine rings is 1. The first-order chi connectivity index (χ1) is 4.34. The summed E-state index contributed by atoms with van der Waals surface area (Å²) in [6.45, 7) is 2.83. The van der Waals surface area contributed by atoms with Gasteiger partial charge in [-0.15, -0.1) is 0 Å². The smallest absolute Gasteiger partial charge is 0.117 e. The van der Waals surface area contributed by atoms with Gasteiger partial charge in [0.25, 0.3) is 0 Å². The van der Waals surface area contributed by atoms with Crippen LogP contribution in [0, 0.1) is 6.92 Å². The molecule has 0 radical (unpaired) electrons. The molecule has 0 fully saturated rings. The highest BCUT2D eigenvalue weighted by molar-refractivity contribution is 5.16. The Morgan fingerprint density at radius 3 is 2.89 bits per heavy atom. The summed E-state index contributed by atoms with van der Waals surface area (Å²) in [5.74, 6) is 0. The molecule has 0 saturated carbocycles. The molecule has 1 aromatic rings. The van der Waals surface area contributed by atoms with Crippen LogP contribution in [0.4, 0.5) is 0 Å². The summed E-state index contributed by atoms with van der Waals surface area (Å²) in [4.78, 5) is 4.13. The van der Waals surface area contributed by atoms with E-state index >= 15 is 0 Å². The minimum Gasteiger partial charge on any atom is -0.353 e. The average molecular weight is 123 g/mol. The molecule has 1 aromatic heterocycles. The second kappa shape index (κ2) is 2.60. The molecule has 1 heterocycles. The molecule has 0 saturated heterocycles. The molecule has 1 rings (SSSR count). The third kappa shape index (κ3) is 1.27. The van der Waals surface area contributed by atoms with Crippen molar-refractivity contribution in [1.29, 1.82) is 0 Å². The lowest BCUT2D eigenvalue weighted by atomic mass is 10.2. The van der Waals surface area contributed by atoms with Gasteiger partial charge < -0.3 is 5.73 Å². The molecule has 3 N–H and O–H groups in total. The van der Waals surface area contributed by atoms with Gasteiger partial charge >= 0.3 is 0 Å². The van der Waals surface area contributed by atoms with Crippen LogP contribution in [0.15, 0.2) is 18.3 Å². The lowest BCUT2D eigenvalue weighted by Gasteiger charge is -1.95. The molecule has 2 heteroatoms. The van der Waals surface area contributed by atoms with Gasteiger partial charge in [-0.05, 0) is 18.6 Å². The van der Waals surface area contributed by atoms with Gasteiger partial charge in [0.1, 0.15) is 6.54 Å². The van der Waals surface area contributed by atoms with Crippen molar-refractivity contribution in [1.82, 2.24) is 4.98 Å². The maximum atomic E-state index is 4.13. The van der Waals surface area contributed by atoms with Crippen LogP contribution in [0.5, 0.6) is 0 Å². The van der Waals surface area contributed by atoms with Crippen molar-refractivity contribution >= 4 is 0 Å². The van der Waals surface area contributed by atoms with Crippen LogP contribution in [0.25, 0.3) is 0 Å². The van der Waals surface area contributed by atoms with Crippen LogP contribution in [-0.2, 0) is 6.54 Å². The molecule has 0 amide bonds. The minimum absolute atomic E-state index is 0.784. The van der Waals surface area contributed by atoms with Gasteiger partial charge in [-0.25, -0.2) is 0 Å². The predicted molar refractivity (Wildman–Crippen MR) is 35.6 cm³/mol. The van der Waals surface area contributed by atoms with Gasteiger partial charge in [0.15, 0.2) is 0 Å². The average Bonchev–Trinajstić information content (AvgIpc) is 1.89. The Morgan fingerprint density at radius 1 is 1.67 bits per heavy atom. The SMILES string of the molecule is Cc1cccnc1C[NH3+]. The van der Waals surface area contributed by atoms with Crippen LogP contribution in [0.2, 0.25) is 0 Å². The van der Waals surface area contributed by atoms with Crippen molar-refractivity contribution in [2.24, 2.45) is 0 Å². The molecule has 0 aliphatic heterocycles. The zero-order valence-corrected chi connectivity index (χ0v) is 5.59. The predicted octanol–water partition coefficient (Wildman–Crippen LogP) is 0.132. The number of hydrogen-bond donors (Lipinski definition) is 1. The number of hydrogen-bond acceptors (Lipinski definition) is 1. The van der Waals surface area contributed by atoms with Gasteiger partial charge in [0.05, 0.1) is 5.69 Å². The highest BCUT2D eigenvalue weighted by atomic mass is 14.7. The maximum absolute atomic E-state index is 4.13. The number of quaternary nitrogens is 1. The third-order valence-electron chi connectivity index (χ3n) is 1.35. The summed E-state index contributed by atoms with van der Waals surface area (Å²) in [6.07, 6.45) is 1.80. The van der Waals surface area contributed by atoms with Crippen molar-refractivity contribution in [2.45, 2.75) is 13.5 Å². The van der Waals surface area contributed by atoms with Crippen molar-refractivity contribution < 1.29 is 5.73 Å². The Labute approximate surface area is 54.7 Å². The van der Waals surface area contributed by atoms with Crippen LogP contribution in [0.3, 0.4) is 0 Å². The normalized spacial score (nSPS) is 9.56. The molecule has 48 valence electrons. The largest absolute Gasteiger partial charge is 0.353 e. The first-order valence-electron chi connectivity index (χ1n) is 3.04. The first kappa shape index (κ1) is 6.23. The highest BCUT2D eigenvalue weighted by Crippen LogP contribution is 1.99. The Bertz CT molecular complexity index is 196. The summed E-state index contributed by atoms with van der Waals surface area (Å²) in [5.41, 5.74) is 6.08. The van der Waals surface area contributed by atoms with E-state index in [9.17, 15) is 0 Å². The van der Waals surface area contributed by atoms with Crippen molar-refractivity contribution in [3.63, 3.8) is 0 Å². The molecule has 0 spiro atoms. The minimum atomic E-state index is 0.784. The van der Waals surface area contributed by atoms with Gasteiger partial charge in [-0.2, -0.15) is 0 Å². The van der Waals surface area contributed by atoms with Crippen molar-refractivity contribution in [2.75, 3.05) is 0 Å². The second-order valence-electron chi connectivity index (χ2n) is 2.02. The molecule has 0 aliphatic rings. The molecule has 0 aromatic carbocycles. The third-order valence-corrected chi connectivity index (χ3v) is 1.35. The van der Waals surface area contributed by atoms with Crippen LogP contribution in [-0.4, -0.2) is 4.98 Å². The van der Waals surface area contributed by atoms with E-state index in [1.165, 1.54) is 5.56 Å². The van der Waals surface area contributed by atoms with E-state index in [0.717, 1.165) is 12.2 Å². The van der Waals surface area contributed by atoms with Gasteiger partial charge in [0, 0.05) is 6.20 Å². The standard InChI is InChI=1S/C7H10N2/c1-6-3-2-4-9-7(6)5-8/h2-4H,5,8H2,1H3/p+1. The molecule has 0 bridgehead atoms. The molecule has 0 atom stereocenters. The monoisotopic (exact) mass is 123 g/mol. The summed E-state index contributed by atoms with van der Waals surface area (Å²) in [7, 11) is 0. The van der Waals surface area contributed by atoms with E-state index in [0.29, 0.717) is 0 Å². The maximum Gasteiger partial charge on any atom is 0.117 e. The molecule has 0 aliphatic carbocycles. The number of aryl methyl sites for hydroxylation is 1. The molecular formula is C7H11N2+. The van der Waals surface area contributed by atoms with Crippen LogP contribution < -0.4 is 5.73 Å². The van der Waals surface area contributed by atoms with E-state index in [1.54, 1.807) is 6.20 Å². The zero-order valence-electron chi connectivity index (χ0n) is 5.59. The Kier molecular flexibility index (Phi) is 1.80. The Hall–Kier alpha value is -0.890. The fourth-order valence-corrected chi connectivity index (χ4v) is 0.780. The summed E-state index contributed by atoms with van der Waals surface area (Å²) in [5, 5.41) is 0. The van der Waals surface area contributed by atoms with Gasteiger partial charge in [-0.1, -0.05) is 6.07 Å². The van der Waals surface area contributed by atoms with Crippen LogP contribution in [0.1, 0.15) is 11.3 Å². The van der Waals surface area contributed by atoms with Crippen LogP contribution >= 0.6 is 0 Å².